The van der Waals surface area contributed by atoms with Gasteiger partial charge >= 0.3 is 0 Å². The first-order valence-corrected chi connectivity index (χ1v) is 7.12. The van der Waals surface area contributed by atoms with Gasteiger partial charge in [-0.1, -0.05) is 0 Å². The molecule has 2 amide bonds. The molecule has 0 aliphatic carbocycles. The Morgan fingerprint density at radius 1 is 1.47 bits per heavy atom. The van der Waals surface area contributed by atoms with E-state index in [1.165, 1.54) is 0 Å². The summed E-state index contributed by atoms with van der Waals surface area (Å²) in [5, 5.41) is 11.4. The van der Waals surface area contributed by atoms with Crippen LogP contribution in [0.1, 0.15) is 19.3 Å². The highest BCUT2D eigenvalue weighted by atomic mass is 32.2. The van der Waals surface area contributed by atoms with E-state index in [4.69, 9.17) is 5.11 Å². The third-order valence-electron chi connectivity index (χ3n) is 2.52. The lowest BCUT2D eigenvalue weighted by Gasteiger charge is -2.14. The first-order valence-electron chi connectivity index (χ1n) is 5.97. The van der Waals surface area contributed by atoms with Gasteiger partial charge < -0.3 is 15.3 Å². The summed E-state index contributed by atoms with van der Waals surface area (Å²) in [7, 11) is 0. The average molecular weight is 260 g/mol. The Morgan fingerprint density at radius 2 is 2.29 bits per heavy atom. The second kappa shape index (κ2) is 8.36. The first kappa shape index (κ1) is 14.3. The Morgan fingerprint density at radius 3 is 2.94 bits per heavy atom. The van der Waals surface area contributed by atoms with Gasteiger partial charge in [-0.25, -0.2) is 0 Å². The maximum atomic E-state index is 11.5. The number of likely N-dealkylation sites (tertiary alicyclic amines) is 1. The molecule has 1 aliphatic rings. The molecule has 1 fully saturated rings. The van der Waals surface area contributed by atoms with E-state index < -0.39 is 0 Å². The summed E-state index contributed by atoms with van der Waals surface area (Å²) in [5.41, 5.74) is 0. The largest absolute Gasteiger partial charge is 0.396 e. The molecule has 0 radical (unpaired) electrons. The number of aliphatic hydroxyl groups is 1. The van der Waals surface area contributed by atoms with E-state index in [1.54, 1.807) is 16.7 Å². The Hall–Kier alpha value is -0.750. The minimum absolute atomic E-state index is 0.0805. The van der Waals surface area contributed by atoms with Crippen molar-refractivity contribution in [1.29, 1.82) is 0 Å². The number of nitrogens with zero attached hydrogens (tertiary/aromatic N) is 1. The fourth-order valence-electron chi connectivity index (χ4n) is 1.63. The third kappa shape index (κ3) is 5.93. The van der Waals surface area contributed by atoms with E-state index >= 15 is 0 Å². The summed E-state index contributed by atoms with van der Waals surface area (Å²) in [4.78, 5) is 24.4. The predicted octanol–water partition coefficient (Wildman–Crippen LogP) is -0.159. The molecule has 0 saturated carbocycles. The van der Waals surface area contributed by atoms with Gasteiger partial charge in [0.25, 0.3) is 0 Å². The number of hydrogen-bond donors (Lipinski definition) is 2. The quantitative estimate of drug-likeness (QED) is 0.595. The Labute approximate surface area is 106 Å². The average Bonchev–Trinajstić information content (AvgIpc) is 2.69. The Balaban J connectivity index is 1.99. The van der Waals surface area contributed by atoms with Crippen molar-refractivity contribution in [2.24, 2.45) is 0 Å². The molecule has 1 aliphatic heterocycles. The molecule has 6 heteroatoms. The monoisotopic (exact) mass is 260 g/mol. The lowest BCUT2D eigenvalue weighted by Crippen LogP contribution is -2.38. The lowest BCUT2D eigenvalue weighted by molar-refractivity contribution is -0.133. The van der Waals surface area contributed by atoms with Crippen LogP contribution < -0.4 is 5.32 Å². The van der Waals surface area contributed by atoms with Crippen molar-refractivity contribution in [2.45, 2.75) is 19.3 Å². The number of carbonyl (C=O) groups excluding carboxylic acids is 2. The summed E-state index contributed by atoms with van der Waals surface area (Å²) < 4.78 is 0. The molecule has 1 saturated heterocycles. The highest BCUT2D eigenvalue weighted by molar-refractivity contribution is 7.99. The maximum absolute atomic E-state index is 11.5. The summed E-state index contributed by atoms with van der Waals surface area (Å²) in [6.45, 7) is 1.74. The second-order valence-electron chi connectivity index (χ2n) is 3.96. The highest BCUT2D eigenvalue weighted by Gasteiger charge is 2.21. The van der Waals surface area contributed by atoms with Gasteiger partial charge in [-0.2, -0.15) is 11.8 Å². The smallest absolute Gasteiger partial charge is 0.239 e. The molecule has 0 spiro atoms. The molecule has 0 aromatic rings. The molecule has 1 rings (SSSR count). The van der Waals surface area contributed by atoms with Crippen LogP contribution in [0.5, 0.6) is 0 Å². The fraction of sp³-hybridized carbons (Fsp3) is 0.818. The number of aliphatic hydroxyl groups excluding tert-OH is 1. The van der Waals surface area contributed by atoms with Crippen LogP contribution in [0.15, 0.2) is 0 Å². The van der Waals surface area contributed by atoms with Crippen molar-refractivity contribution in [1.82, 2.24) is 10.2 Å². The summed E-state index contributed by atoms with van der Waals surface area (Å²) in [5.74, 6) is 1.76. The number of thioether (sulfide) groups is 1. The van der Waals surface area contributed by atoms with E-state index in [1.807, 2.05) is 0 Å². The molecule has 1 heterocycles. The number of carbonyl (C=O) groups is 2. The topological polar surface area (TPSA) is 69.6 Å². The molecule has 2 N–H and O–H groups in total. The standard InChI is InChI=1S/C11H20N2O3S/c14-6-2-7-17-8-4-12-10(15)9-13-5-1-3-11(13)16/h14H,1-9H2,(H,12,15). The van der Waals surface area contributed by atoms with Crippen molar-refractivity contribution >= 4 is 23.6 Å². The van der Waals surface area contributed by atoms with Crippen molar-refractivity contribution in [3.63, 3.8) is 0 Å². The second-order valence-corrected chi connectivity index (χ2v) is 5.18. The molecular weight excluding hydrogens is 240 g/mol. The van der Waals surface area contributed by atoms with E-state index in [0.717, 1.165) is 24.3 Å². The summed E-state index contributed by atoms with van der Waals surface area (Å²) in [6, 6.07) is 0. The molecule has 98 valence electrons. The van der Waals surface area contributed by atoms with Crippen LogP contribution in [-0.2, 0) is 9.59 Å². The van der Waals surface area contributed by atoms with Crippen LogP contribution in [0.4, 0.5) is 0 Å². The third-order valence-corrected chi connectivity index (χ3v) is 3.59. The Kier molecular flexibility index (Phi) is 7.04. The molecule has 0 aromatic heterocycles. The predicted molar refractivity (Wildman–Crippen MR) is 67.9 cm³/mol. The Bertz CT molecular complexity index is 261. The van der Waals surface area contributed by atoms with Crippen molar-refractivity contribution in [3.05, 3.63) is 0 Å². The summed E-state index contributed by atoms with van der Waals surface area (Å²) in [6.07, 6.45) is 2.23. The van der Waals surface area contributed by atoms with Crippen LogP contribution in [0.3, 0.4) is 0 Å². The van der Waals surface area contributed by atoms with Crippen LogP contribution in [0.2, 0.25) is 0 Å². The van der Waals surface area contributed by atoms with Gasteiger partial charge in [0.2, 0.25) is 11.8 Å². The zero-order valence-electron chi connectivity index (χ0n) is 9.98. The van der Waals surface area contributed by atoms with Gasteiger partial charge in [-0.05, 0) is 18.6 Å². The maximum Gasteiger partial charge on any atom is 0.239 e. The van der Waals surface area contributed by atoms with Crippen LogP contribution in [0.25, 0.3) is 0 Å². The normalized spacial score (nSPS) is 15.4. The fourth-order valence-corrected chi connectivity index (χ4v) is 2.42. The van der Waals surface area contributed by atoms with Crippen LogP contribution in [0, 0.1) is 0 Å². The van der Waals surface area contributed by atoms with Gasteiger partial charge in [0.05, 0.1) is 6.54 Å². The van der Waals surface area contributed by atoms with E-state index in [9.17, 15) is 9.59 Å². The molecule has 0 aromatic carbocycles. The van der Waals surface area contributed by atoms with E-state index in [-0.39, 0.29) is 25.0 Å². The number of nitrogens with one attached hydrogen (secondary N) is 1. The minimum atomic E-state index is -0.0805. The van der Waals surface area contributed by atoms with E-state index in [2.05, 4.69) is 5.32 Å². The summed E-state index contributed by atoms with van der Waals surface area (Å²) >= 11 is 1.71. The zero-order chi connectivity index (χ0) is 12.5. The molecule has 0 unspecified atom stereocenters. The number of amides is 2. The van der Waals surface area contributed by atoms with Gasteiger partial charge in [-0.15, -0.1) is 0 Å². The zero-order valence-corrected chi connectivity index (χ0v) is 10.8. The van der Waals surface area contributed by atoms with E-state index in [0.29, 0.717) is 19.5 Å². The van der Waals surface area contributed by atoms with Crippen LogP contribution >= 0.6 is 11.8 Å². The van der Waals surface area contributed by atoms with Gasteiger partial charge in [0, 0.05) is 31.9 Å². The minimum Gasteiger partial charge on any atom is -0.396 e. The lowest BCUT2D eigenvalue weighted by atomic mass is 10.4. The van der Waals surface area contributed by atoms with Gasteiger partial charge in [-0.3, -0.25) is 9.59 Å². The molecular formula is C11H20N2O3S. The molecule has 5 nitrogen and oxygen atoms in total. The van der Waals surface area contributed by atoms with Gasteiger partial charge in [0.1, 0.15) is 0 Å². The highest BCUT2D eigenvalue weighted by Crippen LogP contribution is 2.08. The van der Waals surface area contributed by atoms with Crippen molar-refractivity contribution in [3.8, 4) is 0 Å². The number of rotatable bonds is 8. The first-order chi connectivity index (χ1) is 8.24. The molecule has 17 heavy (non-hydrogen) atoms. The van der Waals surface area contributed by atoms with Crippen molar-refractivity contribution in [2.75, 3.05) is 37.7 Å². The van der Waals surface area contributed by atoms with Gasteiger partial charge in [0.15, 0.2) is 0 Å². The van der Waals surface area contributed by atoms with Crippen molar-refractivity contribution < 1.29 is 14.7 Å². The molecule has 0 atom stereocenters. The van der Waals surface area contributed by atoms with Crippen LogP contribution in [-0.4, -0.2) is 59.6 Å². The SMILES string of the molecule is O=C(CN1CCCC1=O)NCCSCCCO. The molecule has 0 bridgehead atoms. The number of hydrogen-bond acceptors (Lipinski definition) is 4.